The average Bonchev–Trinajstić information content (AvgIpc) is 3.48. The number of carbonyl (C=O) groups is 2. The van der Waals surface area contributed by atoms with Gasteiger partial charge in [-0.25, -0.2) is 4.68 Å². The molecule has 0 atom stereocenters. The Morgan fingerprint density at radius 1 is 1.16 bits per heavy atom. The standard InChI is InChI=1S/C25H27ClN4O2/c1-15(2)28-23(31)12-17-5-9-19(10-6-17)29-25(32)21-14-27-30(24(21)18-7-8-18)20-11-4-16(3)22(26)13-20/h4-6,9-11,13-15,18H,7-8,12H2,1-3H3,(H,28,31)(H,29,32). The molecular formula is C25H27ClN4O2. The number of halogens is 1. The molecule has 6 nitrogen and oxygen atoms in total. The summed E-state index contributed by atoms with van der Waals surface area (Å²) in [5.41, 5.74) is 4.91. The van der Waals surface area contributed by atoms with E-state index in [1.165, 1.54) is 0 Å². The molecule has 2 amide bonds. The maximum Gasteiger partial charge on any atom is 0.259 e. The normalized spacial score (nSPS) is 13.3. The second-order valence-corrected chi connectivity index (χ2v) is 9.02. The molecule has 1 aromatic heterocycles. The van der Waals surface area contributed by atoms with Gasteiger partial charge in [0.05, 0.1) is 29.6 Å². The summed E-state index contributed by atoms with van der Waals surface area (Å²) in [7, 11) is 0. The highest BCUT2D eigenvalue weighted by Gasteiger charge is 2.33. The second-order valence-electron chi connectivity index (χ2n) is 8.61. The van der Waals surface area contributed by atoms with Gasteiger partial charge in [0, 0.05) is 22.7 Å². The van der Waals surface area contributed by atoms with E-state index in [9.17, 15) is 9.59 Å². The van der Waals surface area contributed by atoms with Gasteiger partial charge in [0.15, 0.2) is 0 Å². The second kappa shape index (κ2) is 9.17. The summed E-state index contributed by atoms with van der Waals surface area (Å²) in [6, 6.07) is 13.3. The number of aryl methyl sites for hydroxylation is 1. The molecule has 1 heterocycles. The Kier molecular flexibility index (Phi) is 6.33. The lowest BCUT2D eigenvalue weighted by Crippen LogP contribution is -2.31. The molecule has 7 heteroatoms. The number of rotatable bonds is 7. The molecule has 4 rings (SSSR count). The van der Waals surface area contributed by atoms with Gasteiger partial charge in [-0.15, -0.1) is 0 Å². The summed E-state index contributed by atoms with van der Waals surface area (Å²) in [5, 5.41) is 11.0. The van der Waals surface area contributed by atoms with E-state index in [-0.39, 0.29) is 17.9 Å². The molecular weight excluding hydrogens is 424 g/mol. The molecule has 0 saturated heterocycles. The van der Waals surface area contributed by atoms with E-state index < -0.39 is 0 Å². The van der Waals surface area contributed by atoms with Crippen molar-refractivity contribution < 1.29 is 9.59 Å². The molecule has 1 fully saturated rings. The van der Waals surface area contributed by atoms with Crippen LogP contribution in [0.15, 0.2) is 48.7 Å². The zero-order chi connectivity index (χ0) is 22.8. The first-order chi connectivity index (χ1) is 15.3. The molecule has 0 unspecified atom stereocenters. The number of anilines is 1. The van der Waals surface area contributed by atoms with E-state index in [0.29, 0.717) is 28.6 Å². The third-order valence-corrected chi connectivity index (χ3v) is 5.85. The lowest BCUT2D eigenvalue weighted by Gasteiger charge is -2.11. The molecule has 2 N–H and O–H groups in total. The molecule has 0 bridgehead atoms. The maximum absolute atomic E-state index is 13.1. The molecule has 166 valence electrons. The van der Waals surface area contributed by atoms with E-state index >= 15 is 0 Å². The van der Waals surface area contributed by atoms with Crippen LogP contribution in [0.1, 0.15) is 59.8 Å². The van der Waals surface area contributed by atoms with Crippen molar-refractivity contribution in [3.8, 4) is 5.69 Å². The van der Waals surface area contributed by atoms with Crippen LogP contribution in [-0.2, 0) is 11.2 Å². The smallest absolute Gasteiger partial charge is 0.259 e. The summed E-state index contributed by atoms with van der Waals surface area (Å²) in [5.74, 6) is 0.108. The molecule has 0 spiro atoms. The topological polar surface area (TPSA) is 76.0 Å². The third kappa shape index (κ3) is 5.02. The minimum absolute atomic E-state index is 0.0190. The number of nitrogens with zero attached hydrogens (tertiary/aromatic N) is 2. The van der Waals surface area contributed by atoms with Crippen molar-refractivity contribution >= 4 is 29.1 Å². The minimum atomic E-state index is -0.193. The number of amides is 2. The van der Waals surface area contributed by atoms with Crippen LogP contribution in [0.25, 0.3) is 5.69 Å². The molecule has 0 aliphatic heterocycles. The lowest BCUT2D eigenvalue weighted by atomic mass is 10.1. The Balaban J connectivity index is 1.51. The van der Waals surface area contributed by atoms with Crippen molar-refractivity contribution in [1.29, 1.82) is 0 Å². The number of hydrogen-bond acceptors (Lipinski definition) is 3. The molecule has 2 aromatic carbocycles. The highest BCUT2D eigenvalue weighted by Crippen LogP contribution is 2.42. The quantitative estimate of drug-likeness (QED) is 0.530. The van der Waals surface area contributed by atoms with Gasteiger partial charge >= 0.3 is 0 Å². The fourth-order valence-electron chi connectivity index (χ4n) is 3.66. The van der Waals surface area contributed by atoms with Crippen LogP contribution in [0.5, 0.6) is 0 Å². The van der Waals surface area contributed by atoms with Crippen molar-refractivity contribution in [2.24, 2.45) is 0 Å². The summed E-state index contributed by atoms with van der Waals surface area (Å²) in [6.45, 7) is 5.82. The molecule has 1 aliphatic carbocycles. The fraction of sp³-hybridized carbons (Fsp3) is 0.320. The van der Waals surface area contributed by atoms with Crippen molar-refractivity contribution in [3.63, 3.8) is 0 Å². The van der Waals surface area contributed by atoms with Crippen molar-refractivity contribution in [1.82, 2.24) is 15.1 Å². The minimum Gasteiger partial charge on any atom is -0.354 e. The molecule has 1 saturated carbocycles. The number of carbonyl (C=O) groups excluding carboxylic acids is 2. The average molecular weight is 451 g/mol. The van der Waals surface area contributed by atoms with Crippen LogP contribution in [-0.4, -0.2) is 27.6 Å². The number of benzene rings is 2. The van der Waals surface area contributed by atoms with E-state index in [1.54, 1.807) is 6.20 Å². The zero-order valence-electron chi connectivity index (χ0n) is 18.5. The van der Waals surface area contributed by atoms with E-state index in [1.807, 2.05) is 67.9 Å². The van der Waals surface area contributed by atoms with Gasteiger partial charge in [-0.3, -0.25) is 9.59 Å². The monoisotopic (exact) mass is 450 g/mol. The number of aromatic nitrogens is 2. The molecule has 1 aliphatic rings. The van der Waals surface area contributed by atoms with Crippen LogP contribution >= 0.6 is 11.6 Å². The Hall–Kier alpha value is -3.12. The van der Waals surface area contributed by atoms with Crippen LogP contribution in [0.4, 0.5) is 5.69 Å². The molecule has 32 heavy (non-hydrogen) atoms. The van der Waals surface area contributed by atoms with Gasteiger partial charge in [0.25, 0.3) is 5.91 Å². The highest BCUT2D eigenvalue weighted by atomic mass is 35.5. The van der Waals surface area contributed by atoms with E-state index in [2.05, 4.69) is 15.7 Å². The van der Waals surface area contributed by atoms with Crippen LogP contribution in [0, 0.1) is 6.92 Å². The SMILES string of the molecule is Cc1ccc(-n2ncc(C(=O)Nc3ccc(CC(=O)NC(C)C)cc3)c2C2CC2)cc1Cl. The summed E-state index contributed by atoms with van der Waals surface area (Å²) in [4.78, 5) is 25.0. The fourth-order valence-corrected chi connectivity index (χ4v) is 3.84. The zero-order valence-corrected chi connectivity index (χ0v) is 19.2. The Morgan fingerprint density at radius 3 is 2.50 bits per heavy atom. The lowest BCUT2D eigenvalue weighted by molar-refractivity contribution is -0.120. The van der Waals surface area contributed by atoms with Gasteiger partial charge < -0.3 is 10.6 Å². The predicted octanol–water partition coefficient (Wildman–Crippen LogP) is 5.03. The summed E-state index contributed by atoms with van der Waals surface area (Å²) < 4.78 is 1.83. The Morgan fingerprint density at radius 2 is 1.88 bits per heavy atom. The van der Waals surface area contributed by atoms with Crippen LogP contribution < -0.4 is 10.6 Å². The van der Waals surface area contributed by atoms with Gasteiger partial charge in [-0.05, 0) is 69.0 Å². The van der Waals surface area contributed by atoms with Crippen LogP contribution in [0.2, 0.25) is 5.02 Å². The molecule has 3 aromatic rings. The molecule has 0 radical (unpaired) electrons. The van der Waals surface area contributed by atoms with Gasteiger partial charge in [-0.2, -0.15) is 5.10 Å². The number of hydrogen-bond donors (Lipinski definition) is 2. The summed E-state index contributed by atoms with van der Waals surface area (Å²) in [6.07, 6.45) is 4.02. The van der Waals surface area contributed by atoms with E-state index in [0.717, 1.165) is 35.3 Å². The third-order valence-electron chi connectivity index (χ3n) is 5.44. The maximum atomic E-state index is 13.1. The van der Waals surface area contributed by atoms with E-state index in [4.69, 9.17) is 11.6 Å². The van der Waals surface area contributed by atoms with Crippen LogP contribution in [0.3, 0.4) is 0 Å². The number of nitrogens with one attached hydrogen (secondary N) is 2. The Bertz CT molecular complexity index is 1150. The largest absolute Gasteiger partial charge is 0.354 e. The predicted molar refractivity (Wildman–Crippen MR) is 127 cm³/mol. The first-order valence-electron chi connectivity index (χ1n) is 10.9. The van der Waals surface area contributed by atoms with Gasteiger partial charge in [0.2, 0.25) is 5.91 Å². The Labute approximate surface area is 193 Å². The first-order valence-corrected chi connectivity index (χ1v) is 11.2. The van der Waals surface area contributed by atoms with Gasteiger partial charge in [-0.1, -0.05) is 29.8 Å². The van der Waals surface area contributed by atoms with Crippen molar-refractivity contribution in [3.05, 3.63) is 76.1 Å². The summed E-state index contributed by atoms with van der Waals surface area (Å²) >= 11 is 6.31. The van der Waals surface area contributed by atoms with Gasteiger partial charge in [0.1, 0.15) is 0 Å². The van der Waals surface area contributed by atoms with Crippen molar-refractivity contribution in [2.75, 3.05) is 5.32 Å². The highest BCUT2D eigenvalue weighted by molar-refractivity contribution is 6.31. The van der Waals surface area contributed by atoms with Crippen molar-refractivity contribution in [2.45, 2.75) is 52.0 Å². The first kappa shape index (κ1) is 22.1.